The third-order valence-electron chi connectivity index (χ3n) is 2.79. The molecule has 4 heteroatoms. The maximum Gasteiger partial charge on any atom is 0.125 e. The second-order valence-electron chi connectivity index (χ2n) is 3.66. The SMILES string of the molecule is Cc1ncc2c(n1)COC21CNC1. The van der Waals surface area contributed by atoms with Gasteiger partial charge in [-0.05, 0) is 6.92 Å². The minimum absolute atomic E-state index is 0.0942. The van der Waals surface area contributed by atoms with E-state index in [0.717, 1.165) is 24.6 Å². The van der Waals surface area contributed by atoms with Crippen molar-refractivity contribution in [1.82, 2.24) is 15.3 Å². The number of aromatic nitrogens is 2. The van der Waals surface area contributed by atoms with Crippen LogP contribution in [0.15, 0.2) is 6.20 Å². The van der Waals surface area contributed by atoms with Crippen LogP contribution >= 0.6 is 0 Å². The van der Waals surface area contributed by atoms with Crippen molar-refractivity contribution in [2.24, 2.45) is 0 Å². The monoisotopic (exact) mass is 177 g/mol. The van der Waals surface area contributed by atoms with E-state index in [1.54, 1.807) is 0 Å². The van der Waals surface area contributed by atoms with Gasteiger partial charge in [0.25, 0.3) is 0 Å². The number of aryl methyl sites for hydroxylation is 1. The molecule has 0 saturated carbocycles. The molecule has 2 aliphatic rings. The molecule has 1 aromatic heterocycles. The summed E-state index contributed by atoms with van der Waals surface area (Å²) in [5.74, 6) is 0.826. The normalized spacial score (nSPS) is 22.8. The van der Waals surface area contributed by atoms with Crippen LogP contribution in [0.1, 0.15) is 17.1 Å². The van der Waals surface area contributed by atoms with Crippen LogP contribution in [0.4, 0.5) is 0 Å². The van der Waals surface area contributed by atoms with E-state index in [4.69, 9.17) is 4.74 Å². The van der Waals surface area contributed by atoms with Gasteiger partial charge in [0, 0.05) is 24.8 Å². The van der Waals surface area contributed by atoms with E-state index in [0.29, 0.717) is 6.61 Å². The summed E-state index contributed by atoms with van der Waals surface area (Å²) in [4.78, 5) is 8.58. The van der Waals surface area contributed by atoms with Crippen LogP contribution in [0.2, 0.25) is 0 Å². The van der Waals surface area contributed by atoms with Crippen molar-refractivity contribution >= 4 is 0 Å². The molecule has 1 spiro atoms. The predicted octanol–water partition coefficient (Wildman–Crippen LogP) is 0.114. The number of fused-ring (bicyclic) bond motifs is 2. The molecule has 3 heterocycles. The van der Waals surface area contributed by atoms with Gasteiger partial charge in [0.2, 0.25) is 0 Å². The summed E-state index contributed by atoms with van der Waals surface area (Å²) in [5, 5.41) is 3.22. The summed E-state index contributed by atoms with van der Waals surface area (Å²) in [7, 11) is 0. The molecule has 1 fully saturated rings. The highest BCUT2D eigenvalue weighted by Crippen LogP contribution is 2.37. The van der Waals surface area contributed by atoms with Crippen LogP contribution in [-0.4, -0.2) is 23.1 Å². The van der Waals surface area contributed by atoms with Gasteiger partial charge in [0.15, 0.2) is 0 Å². The summed E-state index contributed by atoms with van der Waals surface area (Å²) in [6, 6.07) is 0. The Labute approximate surface area is 76.3 Å². The summed E-state index contributed by atoms with van der Waals surface area (Å²) in [5.41, 5.74) is 2.15. The Kier molecular flexibility index (Phi) is 1.30. The average Bonchev–Trinajstić information content (AvgIpc) is 2.41. The highest BCUT2D eigenvalue weighted by Gasteiger charge is 2.46. The van der Waals surface area contributed by atoms with Gasteiger partial charge in [-0.2, -0.15) is 0 Å². The molecule has 13 heavy (non-hydrogen) atoms. The molecule has 0 amide bonds. The van der Waals surface area contributed by atoms with Gasteiger partial charge in [-0.15, -0.1) is 0 Å². The quantitative estimate of drug-likeness (QED) is 0.611. The molecule has 0 aromatic carbocycles. The van der Waals surface area contributed by atoms with Gasteiger partial charge in [-0.1, -0.05) is 0 Å². The lowest BCUT2D eigenvalue weighted by Gasteiger charge is -2.38. The van der Waals surface area contributed by atoms with E-state index >= 15 is 0 Å². The fraction of sp³-hybridized carbons (Fsp3) is 0.556. The van der Waals surface area contributed by atoms with Crippen molar-refractivity contribution in [1.29, 1.82) is 0 Å². The van der Waals surface area contributed by atoms with E-state index in [-0.39, 0.29) is 5.60 Å². The van der Waals surface area contributed by atoms with E-state index in [1.165, 1.54) is 5.56 Å². The first kappa shape index (κ1) is 7.41. The molecule has 1 aromatic rings. The fourth-order valence-electron chi connectivity index (χ4n) is 1.94. The van der Waals surface area contributed by atoms with E-state index in [1.807, 2.05) is 13.1 Å². The van der Waals surface area contributed by atoms with Gasteiger partial charge in [0.05, 0.1) is 12.3 Å². The zero-order valence-corrected chi connectivity index (χ0v) is 7.50. The van der Waals surface area contributed by atoms with Gasteiger partial charge in [-0.25, -0.2) is 9.97 Å². The van der Waals surface area contributed by atoms with Crippen LogP contribution in [-0.2, 0) is 16.9 Å². The molecule has 1 N–H and O–H groups in total. The summed E-state index contributed by atoms with van der Waals surface area (Å²) in [6.45, 7) is 4.34. The lowest BCUT2D eigenvalue weighted by molar-refractivity contribution is -0.0750. The summed E-state index contributed by atoms with van der Waals surface area (Å²) < 4.78 is 5.74. The largest absolute Gasteiger partial charge is 0.361 e. The first-order chi connectivity index (χ1) is 6.30. The Balaban J connectivity index is 2.11. The van der Waals surface area contributed by atoms with E-state index in [9.17, 15) is 0 Å². The number of hydrogen-bond donors (Lipinski definition) is 1. The molecule has 2 aliphatic heterocycles. The second kappa shape index (κ2) is 2.27. The van der Waals surface area contributed by atoms with Crippen LogP contribution < -0.4 is 5.32 Å². The first-order valence-electron chi connectivity index (χ1n) is 4.48. The van der Waals surface area contributed by atoms with Crippen molar-refractivity contribution in [3.05, 3.63) is 23.3 Å². The molecule has 0 bridgehead atoms. The lowest BCUT2D eigenvalue weighted by atomic mass is 9.90. The highest BCUT2D eigenvalue weighted by molar-refractivity contribution is 5.32. The number of nitrogens with one attached hydrogen (secondary N) is 1. The van der Waals surface area contributed by atoms with Crippen LogP contribution in [0.3, 0.4) is 0 Å². The topological polar surface area (TPSA) is 47.0 Å². The maximum atomic E-state index is 5.74. The van der Waals surface area contributed by atoms with Crippen molar-refractivity contribution in [2.75, 3.05) is 13.1 Å². The molecule has 68 valence electrons. The molecule has 3 rings (SSSR count). The van der Waals surface area contributed by atoms with Crippen LogP contribution in [0.25, 0.3) is 0 Å². The Morgan fingerprint density at radius 2 is 2.38 bits per heavy atom. The molecule has 0 atom stereocenters. The van der Waals surface area contributed by atoms with Gasteiger partial charge >= 0.3 is 0 Å². The Bertz CT molecular complexity index is 360. The van der Waals surface area contributed by atoms with Crippen LogP contribution in [0, 0.1) is 6.92 Å². The zero-order valence-electron chi connectivity index (χ0n) is 7.50. The molecular formula is C9H11N3O. The van der Waals surface area contributed by atoms with E-state index in [2.05, 4.69) is 15.3 Å². The van der Waals surface area contributed by atoms with Crippen LogP contribution in [0.5, 0.6) is 0 Å². The minimum Gasteiger partial charge on any atom is -0.361 e. The number of nitrogens with zero attached hydrogens (tertiary/aromatic N) is 2. The Hall–Kier alpha value is -1.00. The third kappa shape index (κ3) is 0.870. The third-order valence-corrected chi connectivity index (χ3v) is 2.79. The van der Waals surface area contributed by atoms with Gasteiger partial charge in [-0.3, -0.25) is 0 Å². The van der Waals surface area contributed by atoms with Crippen molar-refractivity contribution < 1.29 is 4.74 Å². The standard InChI is InChI=1S/C9H11N3O/c1-6-11-2-7-8(12-6)3-13-9(7)4-10-5-9/h2,10H,3-5H2,1H3. The number of rotatable bonds is 0. The fourth-order valence-corrected chi connectivity index (χ4v) is 1.94. The summed E-state index contributed by atoms with van der Waals surface area (Å²) >= 11 is 0. The minimum atomic E-state index is -0.0942. The van der Waals surface area contributed by atoms with Crippen molar-refractivity contribution in [2.45, 2.75) is 19.1 Å². The van der Waals surface area contributed by atoms with E-state index < -0.39 is 0 Å². The molecule has 0 unspecified atom stereocenters. The Morgan fingerprint density at radius 1 is 1.54 bits per heavy atom. The lowest BCUT2D eigenvalue weighted by Crippen LogP contribution is -2.56. The number of ether oxygens (including phenoxy) is 1. The molecular weight excluding hydrogens is 166 g/mol. The molecule has 0 radical (unpaired) electrons. The molecule has 4 nitrogen and oxygen atoms in total. The highest BCUT2D eigenvalue weighted by atomic mass is 16.5. The number of hydrogen-bond acceptors (Lipinski definition) is 4. The molecule has 0 aliphatic carbocycles. The smallest absolute Gasteiger partial charge is 0.125 e. The Morgan fingerprint density at radius 3 is 3.08 bits per heavy atom. The maximum absolute atomic E-state index is 5.74. The van der Waals surface area contributed by atoms with Gasteiger partial charge < -0.3 is 10.1 Å². The second-order valence-corrected chi connectivity index (χ2v) is 3.66. The summed E-state index contributed by atoms with van der Waals surface area (Å²) in [6.07, 6.45) is 1.91. The van der Waals surface area contributed by atoms with Gasteiger partial charge in [0.1, 0.15) is 11.4 Å². The van der Waals surface area contributed by atoms with Crippen molar-refractivity contribution in [3.63, 3.8) is 0 Å². The van der Waals surface area contributed by atoms with Crippen molar-refractivity contribution in [3.8, 4) is 0 Å². The molecule has 1 saturated heterocycles. The predicted molar refractivity (Wildman–Crippen MR) is 46.1 cm³/mol. The first-order valence-corrected chi connectivity index (χ1v) is 4.48. The average molecular weight is 177 g/mol. The zero-order chi connectivity index (χ0) is 8.89.